The van der Waals surface area contributed by atoms with E-state index in [2.05, 4.69) is 5.16 Å². The van der Waals surface area contributed by atoms with E-state index in [1.165, 1.54) is 0 Å². The van der Waals surface area contributed by atoms with Crippen molar-refractivity contribution in [1.82, 2.24) is 4.90 Å². The predicted molar refractivity (Wildman–Crippen MR) is 95.0 cm³/mol. The lowest BCUT2D eigenvalue weighted by atomic mass is 9.85. The van der Waals surface area contributed by atoms with Crippen molar-refractivity contribution in [3.05, 3.63) is 71.8 Å². The Labute approximate surface area is 142 Å². The summed E-state index contributed by atoms with van der Waals surface area (Å²) >= 11 is 0. The average molecular weight is 322 g/mol. The van der Waals surface area contributed by atoms with E-state index in [0.717, 1.165) is 16.8 Å². The van der Waals surface area contributed by atoms with Gasteiger partial charge in [0.05, 0.1) is 11.6 Å². The summed E-state index contributed by atoms with van der Waals surface area (Å²) in [5.41, 5.74) is 2.84. The van der Waals surface area contributed by atoms with Crippen LogP contribution in [0.25, 0.3) is 0 Å². The molecular formula is C20H22N2O2. The molecule has 0 spiro atoms. The summed E-state index contributed by atoms with van der Waals surface area (Å²) in [7, 11) is 0. The Morgan fingerprint density at radius 2 is 1.58 bits per heavy atom. The number of amides is 1. The van der Waals surface area contributed by atoms with Gasteiger partial charge in [0.2, 0.25) is 6.10 Å². The van der Waals surface area contributed by atoms with Crippen molar-refractivity contribution in [2.45, 2.75) is 25.9 Å². The topological polar surface area (TPSA) is 41.9 Å². The van der Waals surface area contributed by atoms with Gasteiger partial charge in [0.25, 0.3) is 5.91 Å². The Hall–Kier alpha value is -2.62. The first-order valence-corrected chi connectivity index (χ1v) is 8.39. The lowest BCUT2D eigenvalue weighted by Crippen LogP contribution is -2.42. The maximum atomic E-state index is 12.9. The second kappa shape index (κ2) is 7.30. The maximum absolute atomic E-state index is 12.9. The minimum atomic E-state index is -0.609. The normalized spacial score (nSPS) is 19.5. The first-order valence-electron chi connectivity index (χ1n) is 8.39. The van der Waals surface area contributed by atoms with Crippen LogP contribution >= 0.6 is 0 Å². The molecule has 3 rings (SSSR count). The summed E-state index contributed by atoms with van der Waals surface area (Å²) in [4.78, 5) is 20.3. The molecule has 2 atom stereocenters. The zero-order valence-electron chi connectivity index (χ0n) is 14.1. The molecule has 1 aliphatic rings. The molecule has 0 aliphatic carbocycles. The highest BCUT2D eigenvalue weighted by atomic mass is 16.6. The van der Waals surface area contributed by atoms with E-state index < -0.39 is 6.10 Å². The lowest BCUT2D eigenvalue weighted by molar-refractivity contribution is -0.142. The van der Waals surface area contributed by atoms with Gasteiger partial charge in [-0.05, 0) is 19.4 Å². The molecule has 2 aromatic rings. The minimum absolute atomic E-state index is 0.0106. The van der Waals surface area contributed by atoms with Crippen molar-refractivity contribution in [3.63, 3.8) is 0 Å². The van der Waals surface area contributed by atoms with Crippen LogP contribution in [0.1, 0.15) is 30.9 Å². The van der Waals surface area contributed by atoms with E-state index in [1.807, 2.05) is 74.5 Å². The summed E-state index contributed by atoms with van der Waals surface area (Å²) in [6, 6.07) is 19.9. The van der Waals surface area contributed by atoms with Gasteiger partial charge >= 0.3 is 0 Å². The number of hydrogen-bond acceptors (Lipinski definition) is 3. The summed E-state index contributed by atoms with van der Waals surface area (Å²) < 4.78 is 0. The van der Waals surface area contributed by atoms with Crippen LogP contribution in [0.5, 0.6) is 0 Å². The van der Waals surface area contributed by atoms with Gasteiger partial charge < -0.3 is 9.74 Å². The van der Waals surface area contributed by atoms with E-state index in [4.69, 9.17) is 4.84 Å². The molecular weight excluding hydrogens is 300 g/mol. The summed E-state index contributed by atoms with van der Waals surface area (Å²) in [5.74, 6) is -0.203. The lowest BCUT2D eigenvalue weighted by Gasteiger charge is -2.25. The smallest absolute Gasteiger partial charge is 0.267 e. The quantitative estimate of drug-likeness (QED) is 0.846. The Kier molecular flexibility index (Phi) is 4.94. The summed E-state index contributed by atoms with van der Waals surface area (Å²) in [6.07, 6.45) is -0.609. The first kappa shape index (κ1) is 16.2. The minimum Gasteiger partial charge on any atom is -0.381 e. The van der Waals surface area contributed by atoms with Crippen LogP contribution in [0, 0.1) is 0 Å². The fourth-order valence-electron chi connectivity index (χ4n) is 3.11. The van der Waals surface area contributed by atoms with Crippen LogP contribution in [0.2, 0.25) is 0 Å². The number of nitrogens with zero attached hydrogens (tertiary/aromatic N) is 2. The second-order valence-corrected chi connectivity index (χ2v) is 5.77. The molecule has 0 saturated carbocycles. The monoisotopic (exact) mass is 322 g/mol. The van der Waals surface area contributed by atoms with E-state index in [0.29, 0.717) is 13.1 Å². The molecule has 0 N–H and O–H groups in total. The van der Waals surface area contributed by atoms with Crippen molar-refractivity contribution in [2.75, 3.05) is 13.1 Å². The molecule has 0 bridgehead atoms. The van der Waals surface area contributed by atoms with Crippen LogP contribution in [-0.2, 0) is 9.63 Å². The highest BCUT2D eigenvalue weighted by molar-refractivity contribution is 6.09. The zero-order valence-corrected chi connectivity index (χ0v) is 14.1. The summed E-state index contributed by atoms with van der Waals surface area (Å²) in [5, 5.41) is 4.29. The molecule has 1 aliphatic heterocycles. The second-order valence-electron chi connectivity index (χ2n) is 5.77. The molecule has 0 saturated heterocycles. The van der Waals surface area contributed by atoms with Crippen LogP contribution in [0.15, 0.2) is 65.8 Å². The predicted octanol–water partition coefficient (Wildman–Crippen LogP) is 3.44. The van der Waals surface area contributed by atoms with Gasteiger partial charge in [-0.3, -0.25) is 4.79 Å². The van der Waals surface area contributed by atoms with Gasteiger partial charge in [-0.15, -0.1) is 0 Å². The molecule has 2 aromatic carbocycles. The third-order valence-corrected chi connectivity index (χ3v) is 4.41. The van der Waals surface area contributed by atoms with Gasteiger partial charge in [-0.2, -0.15) is 0 Å². The maximum Gasteiger partial charge on any atom is 0.267 e. The molecule has 1 amide bonds. The number of hydrogen-bond donors (Lipinski definition) is 0. The van der Waals surface area contributed by atoms with Gasteiger partial charge in [0, 0.05) is 18.7 Å². The van der Waals surface area contributed by atoms with Crippen molar-refractivity contribution in [1.29, 1.82) is 0 Å². The largest absolute Gasteiger partial charge is 0.381 e. The van der Waals surface area contributed by atoms with Crippen molar-refractivity contribution >= 4 is 11.6 Å². The number of likely N-dealkylation sites (N-methyl/N-ethyl adjacent to an activating group) is 1. The fraction of sp³-hybridized carbons (Fsp3) is 0.300. The van der Waals surface area contributed by atoms with Crippen LogP contribution < -0.4 is 0 Å². The van der Waals surface area contributed by atoms with Crippen LogP contribution in [-0.4, -0.2) is 35.7 Å². The SMILES string of the molecule is CCN(CC)C(=O)[C@H]1ON=C(c2ccccc2)[C@@H]1c1ccccc1. The van der Waals surface area contributed by atoms with Gasteiger partial charge in [0.1, 0.15) is 0 Å². The van der Waals surface area contributed by atoms with Crippen molar-refractivity contribution in [2.24, 2.45) is 5.16 Å². The van der Waals surface area contributed by atoms with Crippen molar-refractivity contribution in [3.8, 4) is 0 Å². The first-order chi connectivity index (χ1) is 11.8. The molecule has 0 radical (unpaired) electrons. The molecule has 0 aromatic heterocycles. The van der Waals surface area contributed by atoms with Crippen LogP contribution in [0.3, 0.4) is 0 Å². The highest BCUT2D eigenvalue weighted by Gasteiger charge is 2.42. The molecule has 24 heavy (non-hydrogen) atoms. The highest BCUT2D eigenvalue weighted by Crippen LogP contribution is 2.33. The number of carbonyl (C=O) groups excluding carboxylic acids is 1. The summed E-state index contributed by atoms with van der Waals surface area (Å²) in [6.45, 7) is 5.29. The Morgan fingerprint density at radius 3 is 2.17 bits per heavy atom. The van der Waals surface area contributed by atoms with E-state index >= 15 is 0 Å². The Bertz CT molecular complexity index is 709. The van der Waals surface area contributed by atoms with Gasteiger partial charge in [-0.1, -0.05) is 65.8 Å². The van der Waals surface area contributed by atoms with Gasteiger partial charge in [0.15, 0.2) is 0 Å². The molecule has 124 valence electrons. The van der Waals surface area contributed by atoms with E-state index in [9.17, 15) is 4.79 Å². The zero-order chi connectivity index (χ0) is 16.9. The standard InChI is InChI=1S/C20H22N2O2/c1-3-22(4-2)20(23)19-17(15-11-7-5-8-12-15)18(21-24-19)16-13-9-6-10-14-16/h5-14,17,19H,3-4H2,1-2H3/t17-,19-/m0/s1. The fourth-order valence-corrected chi connectivity index (χ4v) is 3.11. The molecule has 0 fully saturated rings. The van der Waals surface area contributed by atoms with Crippen molar-refractivity contribution < 1.29 is 9.63 Å². The number of oxime groups is 1. The number of carbonyl (C=O) groups is 1. The molecule has 4 nitrogen and oxygen atoms in total. The molecule has 1 heterocycles. The van der Waals surface area contributed by atoms with Crippen LogP contribution in [0.4, 0.5) is 0 Å². The van der Waals surface area contributed by atoms with Gasteiger partial charge in [-0.25, -0.2) is 0 Å². The molecule has 0 unspecified atom stereocenters. The number of rotatable bonds is 5. The molecule has 4 heteroatoms. The average Bonchev–Trinajstić information content (AvgIpc) is 3.09. The third-order valence-electron chi connectivity index (χ3n) is 4.41. The Morgan fingerprint density at radius 1 is 1.00 bits per heavy atom. The Balaban J connectivity index is 1.99. The van der Waals surface area contributed by atoms with E-state index in [1.54, 1.807) is 4.90 Å². The third kappa shape index (κ3) is 3.04. The van der Waals surface area contributed by atoms with E-state index in [-0.39, 0.29) is 11.8 Å². The number of benzene rings is 2.